The van der Waals surface area contributed by atoms with Crippen LogP contribution >= 0.6 is 31.9 Å². The first kappa shape index (κ1) is 20.9. The van der Waals surface area contributed by atoms with Crippen LogP contribution in [-0.2, 0) is 29.1 Å². The van der Waals surface area contributed by atoms with Gasteiger partial charge in [-0.05, 0) is 12.8 Å². The van der Waals surface area contributed by atoms with Crippen molar-refractivity contribution in [1.29, 1.82) is 0 Å². The van der Waals surface area contributed by atoms with E-state index >= 15 is 0 Å². The van der Waals surface area contributed by atoms with Crippen LogP contribution in [0.25, 0.3) is 0 Å². The molecule has 0 bridgehead atoms. The van der Waals surface area contributed by atoms with E-state index < -0.39 is 11.9 Å². The number of alkyl halides is 2. The summed E-state index contributed by atoms with van der Waals surface area (Å²) in [4.78, 5) is 19.5. The van der Waals surface area contributed by atoms with Crippen LogP contribution in [0.2, 0.25) is 0 Å². The zero-order chi connectivity index (χ0) is 11.4. The van der Waals surface area contributed by atoms with Gasteiger partial charge in [0.2, 0.25) is 0 Å². The van der Waals surface area contributed by atoms with Gasteiger partial charge in [-0.15, -0.1) is 0 Å². The topological polar surface area (TPSA) is 74.6 Å². The van der Waals surface area contributed by atoms with E-state index in [4.69, 9.17) is 10.2 Å². The first-order chi connectivity index (χ1) is 6.54. The predicted molar refractivity (Wildman–Crippen MR) is 61.3 cm³/mol. The summed E-state index contributed by atoms with van der Waals surface area (Å²) in [5, 5.41) is 17.6. The molecule has 2 N–H and O–H groups in total. The van der Waals surface area contributed by atoms with Crippen LogP contribution in [0.5, 0.6) is 0 Å². The first-order valence-electron chi connectivity index (χ1n) is 4.10. The van der Waals surface area contributed by atoms with Crippen LogP contribution < -0.4 is 0 Å². The van der Waals surface area contributed by atoms with Gasteiger partial charge in [0, 0.05) is 43.0 Å². The molecule has 0 aliphatic rings. The zero-order valence-corrected chi connectivity index (χ0v) is 14.6. The van der Waals surface area contributed by atoms with E-state index in [0.29, 0.717) is 0 Å². The zero-order valence-electron chi connectivity index (χ0n) is 8.42. The molecule has 86 valence electrons. The Balaban J connectivity index is -0.000000180. The smallest absolute Gasteiger partial charge is 0.303 e. The summed E-state index contributed by atoms with van der Waals surface area (Å²) < 4.78 is 0. The number of carboxylic acid groups (broad SMARTS) is 2. The van der Waals surface area contributed by atoms with Crippen molar-refractivity contribution in [2.45, 2.75) is 25.7 Å². The van der Waals surface area contributed by atoms with Gasteiger partial charge in [-0.25, -0.2) is 0 Å². The molecule has 0 aliphatic carbocycles. The standard InChI is InChI=1S/2C4H7BrO2.Zn/c2*5-3-1-2-4(6)7;/h2*1-3H2,(H,6,7);. The fraction of sp³-hybridized carbons (Fsp3) is 0.750. The maximum Gasteiger partial charge on any atom is 0.303 e. The third-order valence-corrected chi connectivity index (χ3v) is 2.17. The van der Waals surface area contributed by atoms with Gasteiger partial charge in [0.05, 0.1) is 0 Å². The van der Waals surface area contributed by atoms with Crippen LogP contribution in [-0.4, -0.2) is 32.8 Å². The molecule has 0 aromatic heterocycles. The number of aliphatic carboxylic acids is 2. The van der Waals surface area contributed by atoms with Crippen molar-refractivity contribution in [3.05, 3.63) is 0 Å². The van der Waals surface area contributed by atoms with E-state index in [1.165, 1.54) is 0 Å². The minimum absolute atomic E-state index is 0. The van der Waals surface area contributed by atoms with Gasteiger partial charge in [-0.3, -0.25) is 9.59 Å². The molecule has 15 heavy (non-hydrogen) atoms. The van der Waals surface area contributed by atoms with Crippen molar-refractivity contribution in [3.63, 3.8) is 0 Å². The van der Waals surface area contributed by atoms with Gasteiger partial charge in [0.25, 0.3) is 0 Å². The minimum Gasteiger partial charge on any atom is -0.481 e. The van der Waals surface area contributed by atoms with Crippen LogP contribution in [0.4, 0.5) is 0 Å². The van der Waals surface area contributed by atoms with Crippen molar-refractivity contribution >= 4 is 43.8 Å². The third kappa shape index (κ3) is 31.4. The van der Waals surface area contributed by atoms with Crippen molar-refractivity contribution in [2.24, 2.45) is 0 Å². The monoisotopic (exact) mass is 396 g/mol. The Morgan fingerprint density at radius 3 is 1.20 bits per heavy atom. The molecular formula is C8H14Br2O4Zn. The Kier molecular flexibility index (Phi) is 23.6. The summed E-state index contributed by atoms with van der Waals surface area (Å²) in [6.45, 7) is 0. The van der Waals surface area contributed by atoms with Crippen LogP contribution in [0.15, 0.2) is 0 Å². The molecular weight excluding hydrogens is 385 g/mol. The summed E-state index contributed by atoms with van der Waals surface area (Å²) in [5.41, 5.74) is 0. The molecule has 0 heterocycles. The molecule has 0 saturated carbocycles. The van der Waals surface area contributed by atoms with E-state index in [9.17, 15) is 9.59 Å². The predicted octanol–water partition coefficient (Wildman–Crippen LogP) is 2.49. The van der Waals surface area contributed by atoms with E-state index in [0.717, 1.165) is 23.5 Å². The molecule has 0 unspecified atom stereocenters. The molecule has 0 rings (SSSR count). The Hall–Kier alpha value is 0.523. The van der Waals surface area contributed by atoms with Gasteiger partial charge in [-0.2, -0.15) is 0 Å². The van der Waals surface area contributed by atoms with Crippen LogP contribution in [0.1, 0.15) is 25.7 Å². The molecule has 4 nitrogen and oxygen atoms in total. The average Bonchev–Trinajstić information content (AvgIpc) is 2.12. The fourth-order valence-electron chi connectivity index (χ4n) is 0.436. The van der Waals surface area contributed by atoms with Gasteiger partial charge < -0.3 is 10.2 Å². The minimum atomic E-state index is -0.723. The number of carboxylic acids is 2. The second kappa shape index (κ2) is 16.9. The number of halogens is 2. The Morgan fingerprint density at radius 2 is 1.13 bits per heavy atom. The SMILES string of the molecule is O=C(O)CCCBr.O=C(O)CCCBr.[Zn]. The number of hydrogen-bond donors (Lipinski definition) is 2. The Bertz CT molecular complexity index is 149. The van der Waals surface area contributed by atoms with E-state index in [2.05, 4.69) is 31.9 Å². The van der Waals surface area contributed by atoms with Gasteiger partial charge >= 0.3 is 11.9 Å². The average molecular weight is 399 g/mol. The normalized spacial score (nSPS) is 8.13. The summed E-state index contributed by atoms with van der Waals surface area (Å²) in [7, 11) is 0. The molecule has 0 aliphatic heterocycles. The van der Waals surface area contributed by atoms with Gasteiger partial charge in [0.1, 0.15) is 0 Å². The number of carbonyl (C=O) groups is 2. The first-order valence-corrected chi connectivity index (χ1v) is 6.34. The van der Waals surface area contributed by atoms with Crippen molar-refractivity contribution < 1.29 is 39.3 Å². The molecule has 0 spiro atoms. The maximum absolute atomic E-state index is 9.74. The number of hydrogen-bond acceptors (Lipinski definition) is 2. The number of rotatable bonds is 6. The maximum atomic E-state index is 9.74. The van der Waals surface area contributed by atoms with Crippen molar-refractivity contribution in [1.82, 2.24) is 0 Å². The second-order valence-corrected chi connectivity index (χ2v) is 3.96. The van der Waals surface area contributed by atoms with E-state index in [-0.39, 0.29) is 32.3 Å². The third-order valence-electron chi connectivity index (χ3n) is 1.05. The van der Waals surface area contributed by atoms with Gasteiger partial charge in [0.15, 0.2) is 0 Å². The van der Waals surface area contributed by atoms with E-state index in [1.54, 1.807) is 0 Å². The summed E-state index contributed by atoms with van der Waals surface area (Å²) in [6, 6.07) is 0. The summed E-state index contributed by atoms with van der Waals surface area (Å²) in [5.74, 6) is -1.45. The molecule has 0 radical (unpaired) electrons. The van der Waals surface area contributed by atoms with Crippen LogP contribution in [0.3, 0.4) is 0 Å². The van der Waals surface area contributed by atoms with Crippen molar-refractivity contribution in [3.8, 4) is 0 Å². The molecule has 7 heteroatoms. The van der Waals surface area contributed by atoms with Crippen molar-refractivity contribution in [2.75, 3.05) is 10.7 Å². The molecule has 0 aromatic carbocycles. The van der Waals surface area contributed by atoms with Gasteiger partial charge in [-0.1, -0.05) is 31.9 Å². The molecule has 0 aromatic rings. The molecule has 0 amide bonds. The largest absolute Gasteiger partial charge is 0.481 e. The molecule has 0 fully saturated rings. The Labute approximate surface area is 119 Å². The Morgan fingerprint density at radius 1 is 0.867 bits per heavy atom. The van der Waals surface area contributed by atoms with E-state index in [1.807, 2.05) is 0 Å². The summed E-state index contributed by atoms with van der Waals surface area (Å²) >= 11 is 6.23. The fourth-order valence-corrected chi connectivity index (χ4v) is 0.997. The summed E-state index contributed by atoms with van der Waals surface area (Å²) in [6.07, 6.45) is 1.97. The second-order valence-electron chi connectivity index (χ2n) is 2.37. The van der Waals surface area contributed by atoms with Crippen LogP contribution in [0, 0.1) is 0 Å². The quantitative estimate of drug-likeness (QED) is 0.532. The molecule has 0 atom stereocenters. The molecule has 0 saturated heterocycles.